The number of nitrogens with one attached hydrogen (secondary N) is 1. The molecule has 340 valence electrons. The maximum absolute atomic E-state index is 13.2. The third kappa shape index (κ3) is 40.8. The van der Waals surface area contributed by atoms with Crippen LogP contribution < -0.4 is 5.32 Å². The van der Waals surface area contributed by atoms with Crippen LogP contribution in [0.15, 0.2) is 36.5 Å². The van der Waals surface area contributed by atoms with Crippen molar-refractivity contribution in [2.24, 2.45) is 0 Å². The van der Waals surface area contributed by atoms with Crippen LogP contribution in [-0.2, 0) is 14.3 Å². The van der Waals surface area contributed by atoms with Gasteiger partial charge in [-0.25, -0.2) is 0 Å². The first kappa shape index (κ1) is 56.1. The average Bonchev–Trinajstić information content (AvgIpc) is 3.22. The van der Waals surface area contributed by atoms with E-state index in [9.17, 15) is 19.8 Å². The molecule has 0 rings (SSSR count). The highest BCUT2D eigenvalue weighted by Gasteiger charge is 2.24. The first-order valence-corrected chi connectivity index (χ1v) is 25.2. The smallest absolute Gasteiger partial charge is 0.306 e. The van der Waals surface area contributed by atoms with Gasteiger partial charge in [-0.05, 0) is 57.8 Å². The fraction of sp³-hybridized carbons (Fsp3) is 0.846. The lowest BCUT2D eigenvalue weighted by Crippen LogP contribution is -2.46. The van der Waals surface area contributed by atoms with Crippen LogP contribution in [0.3, 0.4) is 0 Å². The minimum absolute atomic E-state index is 0.0660. The number of carbonyl (C=O) groups is 2. The van der Waals surface area contributed by atoms with Gasteiger partial charge in [0.2, 0.25) is 5.91 Å². The van der Waals surface area contributed by atoms with Gasteiger partial charge in [-0.1, -0.05) is 224 Å². The Morgan fingerprint density at radius 1 is 0.517 bits per heavy atom. The lowest BCUT2D eigenvalue weighted by Gasteiger charge is -2.24. The molecule has 3 atom stereocenters. The number of unbranched alkanes of at least 4 members (excludes halogenated alkanes) is 27. The summed E-state index contributed by atoms with van der Waals surface area (Å²) in [5.41, 5.74) is 0. The second-order valence-electron chi connectivity index (χ2n) is 17.2. The van der Waals surface area contributed by atoms with E-state index in [-0.39, 0.29) is 24.9 Å². The Labute approximate surface area is 360 Å². The van der Waals surface area contributed by atoms with Crippen molar-refractivity contribution >= 4 is 11.9 Å². The van der Waals surface area contributed by atoms with E-state index in [0.717, 1.165) is 89.9 Å². The zero-order valence-electron chi connectivity index (χ0n) is 38.7. The van der Waals surface area contributed by atoms with Crippen molar-refractivity contribution in [1.29, 1.82) is 0 Å². The molecule has 0 radical (unpaired) electrons. The van der Waals surface area contributed by atoms with E-state index in [1.807, 2.05) is 0 Å². The molecule has 0 bridgehead atoms. The molecule has 0 aliphatic carbocycles. The zero-order chi connectivity index (χ0) is 42.4. The molecular weight excluding hydrogens is 719 g/mol. The van der Waals surface area contributed by atoms with Crippen LogP contribution in [0.25, 0.3) is 0 Å². The molecule has 0 aliphatic heterocycles. The maximum Gasteiger partial charge on any atom is 0.306 e. The molecule has 6 heteroatoms. The highest BCUT2D eigenvalue weighted by atomic mass is 16.5. The van der Waals surface area contributed by atoms with Crippen LogP contribution in [-0.4, -0.2) is 46.9 Å². The molecule has 3 unspecified atom stereocenters. The molecule has 0 saturated heterocycles. The van der Waals surface area contributed by atoms with Crippen molar-refractivity contribution < 1.29 is 24.5 Å². The number of rotatable bonds is 45. The third-order valence-corrected chi connectivity index (χ3v) is 11.5. The Balaban J connectivity index is 4.58. The van der Waals surface area contributed by atoms with Crippen LogP contribution in [0.2, 0.25) is 0 Å². The van der Waals surface area contributed by atoms with Crippen molar-refractivity contribution in [3.8, 4) is 0 Å². The van der Waals surface area contributed by atoms with Gasteiger partial charge in [0, 0.05) is 6.42 Å². The lowest BCUT2D eigenvalue weighted by molar-refractivity contribution is -0.151. The van der Waals surface area contributed by atoms with E-state index < -0.39 is 18.2 Å². The molecule has 0 aromatic heterocycles. The first-order chi connectivity index (χ1) is 28.5. The first-order valence-electron chi connectivity index (χ1n) is 25.2. The SMILES string of the molecule is CC/C=C/C/C=C/C/C=C/CCCCCCC(CC(=O)NC(CO)C(O)CCCCCCCCCCCCCCCC)OC(=O)CCCCCCCCCCCCC. The van der Waals surface area contributed by atoms with E-state index >= 15 is 0 Å². The second kappa shape index (κ2) is 46.2. The molecule has 6 nitrogen and oxygen atoms in total. The van der Waals surface area contributed by atoms with Crippen LogP contribution >= 0.6 is 0 Å². The number of amides is 1. The predicted molar refractivity (Wildman–Crippen MR) is 250 cm³/mol. The van der Waals surface area contributed by atoms with Crippen molar-refractivity contribution in [1.82, 2.24) is 5.32 Å². The number of hydrogen-bond donors (Lipinski definition) is 3. The van der Waals surface area contributed by atoms with Gasteiger partial charge in [-0.3, -0.25) is 9.59 Å². The quantitative estimate of drug-likeness (QED) is 0.0323. The van der Waals surface area contributed by atoms with Gasteiger partial charge < -0.3 is 20.3 Å². The molecule has 58 heavy (non-hydrogen) atoms. The van der Waals surface area contributed by atoms with Gasteiger partial charge in [0.1, 0.15) is 6.10 Å². The van der Waals surface area contributed by atoms with Crippen molar-refractivity contribution in [2.75, 3.05) is 6.61 Å². The van der Waals surface area contributed by atoms with Gasteiger partial charge in [0.15, 0.2) is 0 Å². The number of aliphatic hydroxyl groups is 2. The summed E-state index contributed by atoms with van der Waals surface area (Å²) < 4.78 is 5.91. The van der Waals surface area contributed by atoms with Crippen LogP contribution in [0, 0.1) is 0 Å². The molecule has 0 saturated carbocycles. The van der Waals surface area contributed by atoms with Gasteiger partial charge >= 0.3 is 5.97 Å². The van der Waals surface area contributed by atoms with E-state index in [1.54, 1.807) is 0 Å². The number of esters is 1. The van der Waals surface area contributed by atoms with E-state index in [0.29, 0.717) is 19.3 Å². The van der Waals surface area contributed by atoms with E-state index in [2.05, 4.69) is 62.5 Å². The molecule has 0 heterocycles. The summed E-state index contributed by atoms with van der Waals surface area (Å²) in [7, 11) is 0. The monoisotopic (exact) mass is 816 g/mol. The van der Waals surface area contributed by atoms with Gasteiger partial charge in [-0.15, -0.1) is 0 Å². The molecule has 3 N–H and O–H groups in total. The lowest BCUT2D eigenvalue weighted by atomic mass is 10.0. The van der Waals surface area contributed by atoms with Crippen LogP contribution in [0.4, 0.5) is 0 Å². The molecular formula is C52H97NO5. The summed E-state index contributed by atoms with van der Waals surface area (Å²) in [5.74, 6) is -0.488. The van der Waals surface area contributed by atoms with Gasteiger partial charge in [0.05, 0.1) is 25.2 Å². The Kier molecular flexibility index (Phi) is 44.6. The minimum Gasteiger partial charge on any atom is -0.462 e. The van der Waals surface area contributed by atoms with Crippen LogP contribution in [0.5, 0.6) is 0 Å². The Hall–Kier alpha value is -1.92. The van der Waals surface area contributed by atoms with E-state index in [1.165, 1.54) is 122 Å². The Morgan fingerprint density at radius 3 is 1.41 bits per heavy atom. The van der Waals surface area contributed by atoms with Crippen LogP contribution in [0.1, 0.15) is 258 Å². The topological polar surface area (TPSA) is 95.9 Å². The zero-order valence-corrected chi connectivity index (χ0v) is 38.7. The maximum atomic E-state index is 13.2. The normalized spacial score (nSPS) is 13.5. The highest BCUT2D eigenvalue weighted by molar-refractivity contribution is 5.77. The standard InChI is InChI=1S/C52H97NO5/c1-4-7-10-13-16-19-22-24-26-29-31-34-37-40-43-48(58-52(57)45-42-39-36-33-28-21-18-15-12-9-6-3)46-51(56)53-49(47-54)50(55)44-41-38-35-32-30-27-25-23-20-17-14-11-8-5-2/h7,10,16,19,24,26,48-50,54-55H,4-6,8-9,11-15,17-18,20-23,25,27-47H2,1-3H3,(H,53,56)/b10-7+,19-16+,26-24+. The minimum atomic E-state index is -0.790. The number of carbonyl (C=O) groups excluding carboxylic acids is 2. The molecule has 0 spiro atoms. The van der Waals surface area contributed by atoms with Gasteiger partial charge in [0.25, 0.3) is 0 Å². The molecule has 0 fully saturated rings. The number of ether oxygens (including phenoxy) is 1. The van der Waals surface area contributed by atoms with E-state index in [4.69, 9.17) is 4.74 Å². The summed E-state index contributed by atoms with van der Waals surface area (Å²) in [6.45, 7) is 6.37. The van der Waals surface area contributed by atoms with Crippen molar-refractivity contribution in [3.63, 3.8) is 0 Å². The summed E-state index contributed by atoms with van der Waals surface area (Å²) in [4.78, 5) is 26.1. The fourth-order valence-corrected chi connectivity index (χ4v) is 7.68. The van der Waals surface area contributed by atoms with Crippen molar-refractivity contribution in [2.45, 2.75) is 277 Å². The van der Waals surface area contributed by atoms with Crippen molar-refractivity contribution in [3.05, 3.63) is 36.5 Å². The Bertz CT molecular complexity index is 961. The predicted octanol–water partition coefficient (Wildman–Crippen LogP) is 14.9. The van der Waals surface area contributed by atoms with Gasteiger partial charge in [-0.2, -0.15) is 0 Å². The fourth-order valence-electron chi connectivity index (χ4n) is 7.68. The largest absolute Gasteiger partial charge is 0.462 e. The second-order valence-corrected chi connectivity index (χ2v) is 17.2. The molecule has 1 amide bonds. The molecule has 0 aromatic carbocycles. The molecule has 0 aromatic rings. The average molecular weight is 816 g/mol. The summed E-state index contributed by atoms with van der Waals surface area (Å²) >= 11 is 0. The number of hydrogen-bond acceptors (Lipinski definition) is 5. The number of aliphatic hydroxyl groups excluding tert-OH is 2. The number of allylic oxidation sites excluding steroid dienone is 6. The summed E-state index contributed by atoms with van der Waals surface area (Å²) in [6, 6.07) is -0.705. The Morgan fingerprint density at radius 2 is 0.931 bits per heavy atom. The third-order valence-electron chi connectivity index (χ3n) is 11.5. The molecule has 0 aliphatic rings. The highest BCUT2D eigenvalue weighted by Crippen LogP contribution is 2.18. The summed E-state index contributed by atoms with van der Waals surface area (Å²) in [6.07, 6.45) is 53.4. The summed E-state index contributed by atoms with van der Waals surface area (Å²) in [5, 5.41) is 23.7.